The van der Waals surface area contributed by atoms with E-state index >= 15 is 0 Å². The van der Waals surface area contributed by atoms with Gasteiger partial charge in [-0.15, -0.1) is 10.2 Å². The van der Waals surface area contributed by atoms with E-state index in [1.807, 2.05) is 55.5 Å². The minimum Gasteiger partial charge on any atom is -0.412 e. The van der Waals surface area contributed by atoms with Crippen LogP contribution in [-0.4, -0.2) is 16.1 Å². The molecule has 3 aromatic rings. The van der Waals surface area contributed by atoms with Crippen molar-refractivity contribution in [2.45, 2.75) is 20.3 Å². The largest absolute Gasteiger partial charge is 0.412 e. The van der Waals surface area contributed by atoms with Gasteiger partial charge in [-0.25, -0.2) is 0 Å². The monoisotopic (exact) mass is 307 g/mol. The Kier molecular flexibility index (Phi) is 4.19. The fourth-order valence-electron chi connectivity index (χ4n) is 2.14. The maximum atomic E-state index is 12.2. The molecule has 0 unspecified atom stereocenters. The number of rotatable bonds is 4. The van der Waals surface area contributed by atoms with Gasteiger partial charge in [-0.2, -0.15) is 0 Å². The average molecular weight is 307 g/mol. The molecule has 5 nitrogen and oxygen atoms in total. The van der Waals surface area contributed by atoms with Crippen LogP contribution in [0, 0.1) is 6.92 Å². The van der Waals surface area contributed by atoms with Crippen LogP contribution in [0.4, 0.5) is 5.69 Å². The van der Waals surface area contributed by atoms with E-state index in [4.69, 9.17) is 4.42 Å². The minimum absolute atomic E-state index is 0.0554. The van der Waals surface area contributed by atoms with Crippen molar-refractivity contribution in [2.75, 3.05) is 5.32 Å². The molecule has 0 saturated heterocycles. The number of anilines is 1. The van der Waals surface area contributed by atoms with Gasteiger partial charge in [0, 0.05) is 11.3 Å². The van der Waals surface area contributed by atoms with Crippen molar-refractivity contribution >= 4 is 11.6 Å². The van der Waals surface area contributed by atoms with Gasteiger partial charge in [0.15, 0.2) is 0 Å². The molecule has 0 fully saturated rings. The molecule has 0 bridgehead atoms. The summed E-state index contributed by atoms with van der Waals surface area (Å²) in [7, 11) is 0. The molecule has 2 aromatic carbocycles. The molecule has 0 atom stereocenters. The minimum atomic E-state index is -0.417. The standard InChI is InChI=1S/C18H17N3O2/c1-3-13-6-10-15(11-7-13)19-16(22)18-21-20-17(23-18)14-8-4-12(2)5-9-14/h4-11H,3H2,1-2H3,(H,19,22). The van der Waals surface area contributed by atoms with Crippen LogP contribution in [-0.2, 0) is 6.42 Å². The molecule has 0 aliphatic heterocycles. The SMILES string of the molecule is CCc1ccc(NC(=O)c2nnc(-c3ccc(C)cc3)o2)cc1. The molecular weight excluding hydrogens is 290 g/mol. The van der Waals surface area contributed by atoms with Crippen molar-refractivity contribution in [1.29, 1.82) is 0 Å². The highest BCUT2D eigenvalue weighted by molar-refractivity contribution is 6.00. The normalized spacial score (nSPS) is 10.5. The maximum Gasteiger partial charge on any atom is 0.313 e. The summed E-state index contributed by atoms with van der Waals surface area (Å²) in [6.45, 7) is 4.08. The van der Waals surface area contributed by atoms with E-state index in [-0.39, 0.29) is 5.89 Å². The van der Waals surface area contributed by atoms with E-state index in [1.54, 1.807) is 0 Å². The molecule has 1 amide bonds. The van der Waals surface area contributed by atoms with Gasteiger partial charge in [0.05, 0.1) is 0 Å². The smallest absolute Gasteiger partial charge is 0.313 e. The van der Waals surface area contributed by atoms with E-state index in [2.05, 4.69) is 22.4 Å². The lowest BCUT2D eigenvalue weighted by Gasteiger charge is -2.03. The predicted octanol–water partition coefficient (Wildman–Crippen LogP) is 3.86. The number of nitrogens with zero attached hydrogens (tertiary/aromatic N) is 2. The lowest BCUT2D eigenvalue weighted by molar-refractivity contribution is 0.0991. The Balaban J connectivity index is 1.74. The maximum absolute atomic E-state index is 12.2. The van der Waals surface area contributed by atoms with E-state index in [0.29, 0.717) is 11.6 Å². The molecular formula is C18H17N3O2. The summed E-state index contributed by atoms with van der Waals surface area (Å²) >= 11 is 0. The number of nitrogens with one attached hydrogen (secondary N) is 1. The van der Waals surface area contributed by atoms with Crippen LogP contribution in [0.15, 0.2) is 52.9 Å². The van der Waals surface area contributed by atoms with Gasteiger partial charge in [0.1, 0.15) is 0 Å². The van der Waals surface area contributed by atoms with E-state index in [9.17, 15) is 4.79 Å². The highest BCUT2D eigenvalue weighted by Crippen LogP contribution is 2.19. The second-order valence-electron chi connectivity index (χ2n) is 5.28. The Hall–Kier alpha value is -2.95. The first-order valence-electron chi connectivity index (χ1n) is 7.46. The summed E-state index contributed by atoms with van der Waals surface area (Å²) in [6.07, 6.45) is 0.956. The van der Waals surface area contributed by atoms with Crippen molar-refractivity contribution in [3.63, 3.8) is 0 Å². The first-order chi connectivity index (χ1) is 11.2. The first kappa shape index (κ1) is 15.0. The van der Waals surface area contributed by atoms with Crippen LogP contribution in [0.5, 0.6) is 0 Å². The van der Waals surface area contributed by atoms with Gasteiger partial charge in [0.25, 0.3) is 0 Å². The van der Waals surface area contributed by atoms with Crippen LogP contribution >= 0.6 is 0 Å². The molecule has 1 aromatic heterocycles. The number of hydrogen-bond acceptors (Lipinski definition) is 4. The van der Waals surface area contributed by atoms with Crippen molar-refractivity contribution in [3.8, 4) is 11.5 Å². The molecule has 116 valence electrons. The number of carbonyl (C=O) groups excluding carboxylic acids is 1. The Morgan fingerprint density at radius 3 is 2.39 bits per heavy atom. The summed E-state index contributed by atoms with van der Waals surface area (Å²) in [5.74, 6) is -0.142. The third-order valence-electron chi connectivity index (χ3n) is 3.54. The second kappa shape index (κ2) is 6.44. The van der Waals surface area contributed by atoms with E-state index < -0.39 is 5.91 Å². The van der Waals surface area contributed by atoms with Crippen molar-refractivity contribution in [3.05, 3.63) is 65.5 Å². The number of hydrogen-bond donors (Lipinski definition) is 1. The highest BCUT2D eigenvalue weighted by atomic mass is 16.4. The zero-order chi connectivity index (χ0) is 16.2. The van der Waals surface area contributed by atoms with Gasteiger partial charge in [-0.1, -0.05) is 36.8 Å². The number of aromatic nitrogens is 2. The van der Waals surface area contributed by atoms with Crippen molar-refractivity contribution < 1.29 is 9.21 Å². The van der Waals surface area contributed by atoms with Crippen LogP contribution < -0.4 is 5.32 Å². The fraction of sp³-hybridized carbons (Fsp3) is 0.167. The topological polar surface area (TPSA) is 68.0 Å². The molecule has 1 N–H and O–H groups in total. The second-order valence-corrected chi connectivity index (χ2v) is 5.28. The summed E-state index contributed by atoms with van der Waals surface area (Å²) in [6, 6.07) is 15.3. The lowest BCUT2D eigenvalue weighted by atomic mass is 10.1. The number of carbonyl (C=O) groups is 1. The third kappa shape index (κ3) is 3.45. The Morgan fingerprint density at radius 2 is 1.74 bits per heavy atom. The fourth-order valence-corrected chi connectivity index (χ4v) is 2.14. The van der Waals surface area contributed by atoms with Crippen molar-refractivity contribution in [1.82, 2.24) is 10.2 Å². The molecule has 0 aliphatic carbocycles. The number of benzene rings is 2. The summed E-state index contributed by atoms with van der Waals surface area (Å²) in [4.78, 5) is 12.2. The van der Waals surface area contributed by atoms with Gasteiger partial charge in [-0.3, -0.25) is 4.79 Å². The van der Waals surface area contributed by atoms with Gasteiger partial charge < -0.3 is 9.73 Å². The quantitative estimate of drug-likeness (QED) is 0.794. The van der Waals surface area contributed by atoms with Crippen LogP contribution in [0.1, 0.15) is 28.7 Å². The van der Waals surface area contributed by atoms with E-state index in [1.165, 1.54) is 5.56 Å². The van der Waals surface area contributed by atoms with Crippen LogP contribution in [0.3, 0.4) is 0 Å². The van der Waals surface area contributed by atoms with Gasteiger partial charge in [-0.05, 0) is 43.2 Å². The number of amides is 1. The van der Waals surface area contributed by atoms with E-state index in [0.717, 1.165) is 17.5 Å². The molecule has 0 spiro atoms. The Bertz CT molecular complexity index is 805. The van der Waals surface area contributed by atoms with Gasteiger partial charge >= 0.3 is 11.8 Å². The Labute approximate surface area is 134 Å². The van der Waals surface area contributed by atoms with Crippen LogP contribution in [0.25, 0.3) is 11.5 Å². The zero-order valence-corrected chi connectivity index (χ0v) is 13.0. The van der Waals surface area contributed by atoms with Gasteiger partial charge in [0.2, 0.25) is 5.89 Å². The Morgan fingerprint density at radius 1 is 1.04 bits per heavy atom. The summed E-state index contributed by atoms with van der Waals surface area (Å²) < 4.78 is 5.45. The van der Waals surface area contributed by atoms with Crippen LogP contribution in [0.2, 0.25) is 0 Å². The number of aryl methyl sites for hydroxylation is 2. The predicted molar refractivity (Wildman–Crippen MR) is 88.2 cm³/mol. The highest BCUT2D eigenvalue weighted by Gasteiger charge is 2.16. The van der Waals surface area contributed by atoms with Crippen molar-refractivity contribution in [2.24, 2.45) is 0 Å². The average Bonchev–Trinajstić information content (AvgIpc) is 3.06. The summed E-state index contributed by atoms with van der Waals surface area (Å²) in [5.41, 5.74) is 3.83. The molecule has 0 aliphatic rings. The molecule has 23 heavy (non-hydrogen) atoms. The molecule has 1 heterocycles. The molecule has 0 saturated carbocycles. The summed E-state index contributed by atoms with van der Waals surface area (Å²) in [5, 5.41) is 10.5. The molecule has 3 rings (SSSR count). The zero-order valence-electron chi connectivity index (χ0n) is 13.0. The first-order valence-corrected chi connectivity index (χ1v) is 7.46. The lowest BCUT2D eigenvalue weighted by Crippen LogP contribution is -2.12. The third-order valence-corrected chi connectivity index (χ3v) is 3.54. The molecule has 0 radical (unpaired) electrons. The molecule has 5 heteroatoms.